The fourth-order valence-electron chi connectivity index (χ4n) is 2.38. The number of fused-ring (bicyclic) bond motifs is 1. The van der Waals surface area contributed by atoms with Gasteiger partial charge in [0.1, 0.15) is 12.1 Å². The van der Waals surface area contributed by atoms with Crippen LogP contribution >= 0.6 is 11.3 Å². The molecule has 0 saturated carbocycles. The van der Waals surface area contributed by atoms with Gasteiger partial charge in [-0.2, -0.15) is 0 Å². The summed E-state index contributed by atoms with van der Waals surface area (Å²) < 4.78 is 1.15. The van der Waals surface area contributed by atoms with Gasteiger partial charge in [0.15, 0.2) is 11.6 Å². The number of rotatable bonds is 7. The Morgan fingerprint density at radius 2 is 2.00 bits per heavy atom. The normalized spacial score (nSPS) is 14.8. The van der Waals surface area contributed by atoms with Crippen molar-refractivity contribution in [1.29, 1.82) is 0 Å². The van der Waals surface area contributed by atoms with Crippen LogP contribution in [-0.4, -0.2) is 43.0 Å². The van der Waals surface area contributed by atoms with Gasteiger partial charge in [-0.1, -0.05) is 12.1 Å². The Hall–Kier alpha value is -1.99. The van der Waals surface area contributed by atoms with Crippen molar-refractivity contribution in [1.82, 2.24) is 15.6 Å². The molecule has 0 aliphatic rings. The topological polar surface area (TPSA) is 75.5 Å². The van der Waals surface area contributed by atoms with Crippen LogP contribution < -0.4 is 15.5 Å². The third kappa shape index (κ3) is 4.52. The molecular formula is C17H25N4O2S+. The highest BCUT2D eigenvalue weighted by Gasteiger charge is 2.23. The summed E-state index contributed by atoms with van der Waals surface area (Å²) in [5, 5.41) is 6.45. The van der Waals surface area contributed by atoms with E-state index in [2.05, 4.69) is 28.6 Å². The lowest BCUT2D eigenvalue weighted by molar-refractivity contribution is -0.902. The average Bonchev–Trinajstić information content (AvgIpc) is 2.97. The van der Waals surface area contributed by atoms with Gasteiger partial charge in [-0.15, -0.1) is 11.3 Å². The average molecular weight is 349 g/mol. The van der Waals surface area contributed by atoms with E-state index in [1.54, 1.807) is 18.3 Å². The van der Waals surface area contributed by atoms with E-state index in [4.69, 9.17) is 0 Å². The first kappa shape index (κ1) is 18.4. The molecule has 2 rings (SSSR count). The maximum atomic E-state index is 12.2. The van der Waals surface area contributed by atoms with Crippen LogP contribution in [0, 0.1) is 0 Å². The molecule has 0 aliphatic carbocycles. The smallest absolute Gasteiger partial charge is 0.275 e. The molecule has 0 bridgehead atoms. The lowest BCUT2D eigenvalue weighted by Crippen LogP contribution is -3.10. The van der Waals surface area contributed by atoms with Crippen molar-refractivity contribution < 1.29 is 14.5 Å². The lowest BCUT2D eigenvalue weighted by Gasteiger charge is -2.20. The van der Waals surface area contributed by atoms with E-state index in [0.717, 1.165) is 20.1 Å². The van der Waals surface area contributed by atoms with E-state index < -0.39 is 6.04 Å². The molecule has 3 N–H and O–H groups in total. The molecule has 130 valence electrons. The van der Waals surface area contributed by atoms with Crippen molar-refractivity contribution >= 4 is 33.4 Å². The zero-order chi connectivity index (χ0) is 17.7. The molecule has 6 nitrogen and oxygen atoms in total. The Labute approximate surface area is 146 Å². The van der Waals surface area contributed by atoms with Crippen molar-refractivity contribution in [2.75, 3.05) is 20.1 Å². The molecule has 1 heterocycles. The molecule has 0 radical (unpaired) electrons. The van der Waals surface area contributed by atoms with Gasteiger partial charge in [0, 0.05) is 6.54 Å². The number of nitrogens with one attached hydrogen (secondary N) is 3. The second-order valence-corrected chi connectivity index (χ2v) is 7.01. The van der Waals surface area contributed by atoms with Crippen molar-refractivity contribution in [3.05, 3.63) is 29.3 Å². The number of carbonyl (C=O) groups excluding carboxylic acids is 2. The largest absolute Gasteiger partial charge is 0.355 e. The Balaban J connectivity index is 1.94. The first-order valence-electron chi connectivity index (χ1n) is 8.17. The van der Waals surface area contributed by atoms with Crippen LogP contribution in [0.3, 0.4) is 0 Å². The summed E-state index contributed by atoms with van der Waals surface area (Å²) in [6, 6.07) is 7.61. The van der Waals surface area contributed by atoms with Gasteiger partial charge in [-0.25, -0.2) is 4.98 Å². The van der Waals surface area contributed by atoms with Crippen LogP contribution in [-0.2, 0) is 9.59 Å². The van der Waals surface area contributed by atoms with E-state index in [9.17, 15) is 9.59 Å². The summed E-state index contributed by atoms with van der Waals surface area (Å²) in [4.78, 5) is 29.5. The quantitative estimate of drug-likeness (QED) is 0.682. The predicted molar refractivity (Wildman–Crippen MR) is 96.1 cm³/mol. The molecule has 1 aromatic heterocycles. The van der Waals surface area contributed by atoms with Crippen molar-refractivity contribution in [3.63, 3.8) is 0 Å². The maximum Gasteiger partial charge on any atom is 0.275 e. The van der Waals surface area contributed by atoms with E-state index in [1.807, 2.05) is 32.2 Å². The molecule has 1 aromatic carbocycles. The number of likely N-dealkylation sites (N-methyl/N-ethyl adjacent to an activating group) is 2. The zero-order valence-corrected chi connectivity index (χ0v) is 15.4. The molecule has 7 heteroatoms. The van der Waals surface area contributed by atoms with Crippen LogP contribution in [0.1, 0.15) is 31.8 Å². The molecule has 2 amide bonds. The highest BCUT2D eigenvalue weighted by molar-refractivity contribution is 7.18. The van der Waals surface area contributed by atoms with Crippen LogP contribution in [0.25, 0.3) is 10.2 Å². The molecule has 0 fully saturated rings. The molecule has 1 unspecified atom stereocenters. The summed E-state index contributed by atoms with van der Waals surface area (Å²) in [6.07, 6.45) is 0. The summed E-state index contributed by atoms with van der Waals surface area (Å²) in [5.41, 5.74) is 0.992. The van der Waals surface area contributed by atoms with E-state index in [-0.39, 0.29) is 17.9 Å². The number of hydrogen-bond acceptors (Lipinski definition) is 4. The third-order valence-corrected chi connectivity index (χ3v) is 5.20. The zero-order valence-electron chi connectivity index (χ0n) is 14.6. The lowest BCUT2D eigenvalue weighted by atomic mass is 10.2. The molecule has 2 aromatic rings. The van der Waals surface area contributed by atoms with Crippen molar-refractivity contribution in [2.45, 2.75) is 32.9 Å². The summed E-state index contributed by atoms with van der Waals surface area (Å²) in [6.45, 7) is 6.45. The molecule has 0 aliphatic heterocycles. The fourth-order valence-corrected chi connectivity index (χ4v) is 3.49. The summed E-state index contributed by atoms with van der Waals surface area (Å²) in [5.74, 6) is -0.304. The molecule has 0 spiro atoms. The van der Waals surface area contributed by atoms with E-state index in [1.165, 1.54) is 0 Å². The number of amides is 2. The number of para-hydroxylation sites is 1. The Kier molecular flexibility index (Phi) is 6.28. The Morgan fingerprint density at radius 3 is 2.67 bits per heavy atom. The first-order valence-corrected chi connectivity index (χ1v) is 8.98. The number of hydrogen-bond donors (Lipinski definition) is 3. The fraction of sp³-hybridized carbons (Fsp3) is 0.471. The standard InChI is InChI=1S/C17H24N4O2S/c1-5-18-16(23)11(2)19-15(22)10-21(4)12(3)17-20-13-8-6-7-9-14(13)24-17/h6-9,11-12H,5,10H2,1-4H3,(H,18,23)(H,19,22)/p+1/t11-,12-/m0/s1. The molecular weight excluding hydrogens is 324 g/mol. The number of aromatic nitrogens is 1. The Bertz CT molecular complexity index is 682. The SMILES string of the molecule is CCNC(=O)[C@H](C)NC(=O)C[NH+](C)[C@@H](C)c1nc2ccccc2s1. The van der Waals surface area contributed by atoms with Crippen LogP contribution in [0.5, 0.6) is 0 Å². The predicted octanol–water partition coefficient (Wildman–Crippen LogP) is 0.513. The minimum Gasteiger partial charge on any atom is -0.355 e. The second kappa shape index (κ2) is 8.21. The van der Waals surface area contributed by atoms with Crippen molar-refractivity contribution in [3.8, 4) is 0 Å². The number of carbonyl (C=O) groups is 2. The van der Waals surface area contributed by atoms with Gasteiger partial charge in [0.2, 0.25) is 5.91 Å². The number of quaternary nitrogens is 1. The minimum atomic E-state index is -0.525. The van der Waals surface area contributed by atoms with Gasteiger partial charge in [0.05, 0.1) is 17.3 Å². The van der Waals surface area contributed by atoms with E-state index in [0.29, 0.717) is 13.1 Å². The second-order valence-electron chi connectivity index (χ2n) is 5.95. The molecule has 3 atom stereocenters. The monoisotopic (exact) mass is 349 g/mol. The van der Waals surface area contributed by atoms with Gasteiger partial charge in [-0.3, -0.25) is 9.59 Å². The maximum absolute atomic E-state index is 12.2. The summed E-state index contributed by atoms with van der Waals surface area (Å²) in [7, 11) is 1.97. The number of benzene rings is 1. The van der Waals surface area contributed by atoms with Gasteiger partial charge >= 0.3 is 0 Å². The van der Waals surface area contributed by atoms with Crippen LogP contribution in [0.4, 0.5) is 0 Å². The van der Waals surface area contributed by atoms with Crippen molar-refractivity contribution in [2.24, 2.45) is 0 Å². The minimum absolute atomic E-state index is 0.105. The number of nitrogens with zero attached hydrogens (tertiary/aromatic N) is 1. The highest BCUT2D eigenvalue weighted by atomic mass is 32.1. The number of thiazole rings is 1. The van der Waals surface area contributed by atoms with Gasteiger partial charge < -0.3 is 15.5 Å². The van der Waals surface area contributed by atoms with Crippen LogP contribution in [0.2, 0.25) is 0 Å². The molecule has 24 heavy (non-hydrogen) atoms. The van der Waals surface area contributed by atoms with Gasteiger partial charge in [-0.05, 0) is 32.9 Å². The van der Waals surface area contributed by atoms with Gasteiger partial charge in [0.25, 0.3) is 5.91 Å². The van der Waals surface area contributed by atoms with Crippen LogP contribution in [0.15, 0.2) is 24.3 Å². The Morgan fingerprint density at radius 1 is 1.29 bits per heavy atom. The third-order valence-electron chi connectivity index (χ3n) is 3.98. The summed E-state index contributed by atoms with van der Waals surface area (Å²) >= 11 is 1.66. The first-order chi connectivity index (χ1) is 11.4. The highest BCUT2D eigenvalue weighted by Crippen LogP contribution is 2.24. The molecule has 0 saturated heterocycles. The van der Waals surface area contributed by atoms with E-state index >= 15 is 0 Å².